The van der Waals surface area contributed by atoms with Gasteiger partial charge in [-0.1, -0.05) is 29.8 Å². The molecular weight excluding hydrogens is 378 g/mol. The van der Waals surface area contributed by atoms with Crippen molar-refractivity contribution in [3.63, 3.8) is 0 Å². The van der Waals surface area contributed by atoms with Gasteiger partial charge in [-0.3, -0.25) is 0 Å². The van der Waals surface area contributed by atoms with Crippen LogP contribution in [0.3, 0.4) is 0 Å². The number of methoxy groups -OCH3 is 1. The molecule has 0 bridgehead atoms. The summed E-state index contributed by atoms with van der Waals surface area (Å²) in [6.07, 6.45) is 5.50. The first-order valence-corrected chi connectivity index (χ1v) is 10.5. The third-order valence-corrected chi connectivity index (χ3v) is 6.68. The molecule has 3 aliphatic rings. The fraction of sp³-hybridized carbons (Fsp3) is 0.400. The van der Waals surface area contributed by atoms with E-state index in [0.29, 0.717) is 12.0 Å². The minimum Gasteiger partial charge on any atom is -0.493 e. The minimum atomic E-state index is -0.306. The fourth-order valence-electron chi connectivity index (χ4n) is 5.05. The number of rotatable bonds is 3. The molecule has 0 fully saturated rings. The molecule has 2 aromatic rings. The summed E-state index contributed by atoms with van der Waals surface area (Å²) < 4.78 is 17.9. The maximum absolute atomic E-state index is 12.6. The number of ether oxygens (including phenoxy) is 3. The quantitative estimate of drug-likeness (QED) is 0.570. The van der Waals surface area contributed by atoms with Gasteiger partial charge < -0.3 is 19.1 Å². The predicted molar refractivity (Wildman–Crippen MR) is 114 cm³/mol. The molecule has 3 atom stereocenters. The lowest BCUT2D eigenvalue weighted by molar-refractivity contribution is 0.0218. The first kappa shape index (κ1) is 19.2. The van der Waals surface area contributed by atoms with Gasteiger partial charge in [0.15, 0.2) is 11.5 Å². The molecule has 1 aliphatic carbocycles. The molecular formula is C25H27NO4. The lowest BCUT2D eigenvalue weighted by atomic mass is 9.69. The third kappa shape index (κ3) is 3.00. The van der Waals surface area contributed by atoms with Crippen LogP contribution in [0.1, 0.15) is 39.9 Å². The fourth-order valence-corrected chi connectivity index (χ4v) is 5.05. The molecule has 2 aliphatic heterocycles. The number of esters is 1. The topological polar surface area (TPSA) is 48.0 Å². The number of nitrogens with zero attached hydrogens (tertiary/aromatic N) is 1. The molecule has 156 valence electrons. The van der Waals surface area contributed by atoms with Crippen molar-refractivity contribution in [2.45, 2.75) is 43.9 Å². The summed E-state index contributed by atoms with van der Waals surface area (Å²) in [6, 6.07) is 11.6. The Morgan fingerprint density at radius 3 is 2.77 bits per heavy atom. The predicted octanol–water partition coefficient (Wildman–Crippen LogP) is 4.02. The third-order valence-electron chi connectivity index (χ3n) is 6.68. The second kappa shape index (κ2) is 7.17. The van der Waals surface area contributed by atoms with Gasteiger partial charge in [0, 0.05) is 18.5 Å². The summed E-state index contributed by atoms with van der Waals surface area (Å²) in [5.74, 6) is 1.33. The molecule has 0 aromatic heterocycles. The second-order valence-electron chi connectivity index (χ2n) is 8.67. The van der Waals surface area contributed by atoms with Gasteiger partial charge in [-0.2, -0.15) is 0 Å². The van der Waals surface area contributed by atoms with Crippen molar-refractivity contribution in [1.29, 1.82) is 0 Å². The zero-order valence-electron chi connectivity index (χ0n) is 17.7. The Bertz CT molecular complexity index is 1010. The first-order chi connectivity index (χ1) is 14.5. The van der Waals surface area contributed by atoms with Gasteiger partial charge in [-0.15, -0.1) is 0 Å². The van der Waals surface area contributed by atoms with Crippen molar-refractivity contribution in [2.75, 3.05) is 20.7 Å². The zero-order chi connectivity index (χ0) is 20.9. The zero-order valence-corrected chi connectivity index (χ0v) is 17.7. The molecule has 0 saturated carbocycles. The van der Waals surface area contributed by atoms with Crippen LogP contribution in [0.4, 0.5) is 0 Å². The van der Waals surface area contributed by atoms with Crippen LogP contribution in [0.5, 0.6) is 11.5 Å². The summed E-state index contributed by atoms with van der Waals surface area (Å²) >= 11 is 0. The van der Waals surface area contributed by atoms with E-state index < -0.39 is 0 Å². The van der Waals surface area contributed by atoms with Gasteiger partial charge in [0.1, 0.15) is 12.2 Å². The Balaban J connectivity index is 1.46. The number of carbonyl (C=O) groups excluding carboxylic acids is 1. The van der Waals surface area contributed by atoms with E-state index in [-0.39, 0.29) is 23.6 Å². The smallest absolute Gasteiger partial charge is 0.338 e. The number of aryl methyl sites for hydroxylation is 1. The lowest BCUT2D eigenvalue weighted by Gasteiger charge is -2.36. The standard InChI is InChI=1S/C25H27NO4/c1-16-4-6-17(7-5-16)24(27)29-19-10-11-25-12-13-26(2)15-18-8-9-20(28-3)23(22(18)25)30-21(25)14-19/h4-11,19,21H,12-15H2,1-3H3/t19-,21?,25-/m0/s1. The minimum absolute atomic E-state index is 0.0742. The summed E-state index contributed by atoms with van der Waals surface area (Å²) in [4.78, 5) is 15.0. The van der Waals surface area contributed by atoms with Crippen molar-refractivity contribution in [3.8, 4) is 11.5 Å². The monoisotopic (exact) mass is 405 g/mol. The summed E-state index contributed by atoms with van der Waals surface area (Å²) in [5, 5.41) is 0. The first-order valence-electron chi connectivity index (χ1n) is 10.5. The van der Waals surface area contributed by atoms with E-state index in [1.54, 1.807) is 7.11 Å². The van der Waals surface area contributed by atoms with Gasteiger partial charge in [0.2, 0.25) is 0 Å². The van der Waals surface area contributed by atoms with Crippen molar-refractivity contribution in [2.24, 2.45) is 0 Å². The SMILES string of the molecule is COc1ccc2c3c1OC1C[C@@H](OC(=O)c4ccc(C)cc4)C=C[C@@]31CCN(C)C2. The number of benzene rings is 2. The molecule has 2 heterocycles. The Hall–Kier alpha value is -2.79. The molecule has 5 heteroatoms. The largest absolute Gasteiger partial charge is 0.493 e. The highest BCUT2D eigenvalue weighted by Gasteiger charge is 2.53. The van der Waals surface area contributed by atoms with E-state index in [0.717, 1.165) is 36.6 Å². The maximum Gasteiger partial charge on any atom is 0.338 e. The molecule has 30 heavy (non-hydrogen) atoms. The van der Waals surface area contributed by atoms with Crippen molar-refractivity contribution in [1.82, 2.24) is 4.90 Å². The van der Waals surface area contributed by atoms with Crippen LogP contribution in [0.15, 0.2) is 48.6 Å². The van der Waals surface area contributed by atoms with E-state index in [2.05, 4.69) is 30.2 Å². The number of carbonyl (C=O) groups is 1. The normalized spacial score (nSPS) is 26.9. The summed E-state index contributed by atoms with van der Waals surface area (Å²) in [6.45, 7) is 3.87. The van der Waals surface area contributed by atoms with E-state index in [4.69, 9.17) is 14.2 Å². The number of hydrogen-bond donors (Lipinski definition) is 0. The van der Waals surface area contributed by atoms with Gasteiger partial charge in [-0.25, -0.2) is 4.79 Å². The lowest BCUT2D eigenvalue weighted by Crippen LogP contribution is -2.43. The molecule has 0 N–H and O–H groups in total. The van der Waals surface area contributed by atoms with Crippen LogP contribution in [0, 0.1) is 6.92 Å². The highest BCUT2D eigenvalue weighted by Crippen LogP contribution is 2.55. The average Bonchev–Trinajstić information content (AvgIpc) is 3.00. The van der Waals surface area contributed by atoms with Crippen LogP contribution in [0.2, 0.25) is 0 Å². The van der Waals surface area contributed by atoms with Crippen LogP contribution >= 0.6 is 0 Å². The molecule has 0 saturated heterocycles. The van der Waals surface area contributed by atoms with Crippen molar-refractivity contribution >= 4 is 5.97 Å². The van der Waals surface area contributed by atoms with Crippen LogP contribution in [-0.2, 0) is 16.7 Å². The molecule has 2 aromatic carbocycles. The van der Waals surface area contributed by atoms with Gasteiger partial charge in [-0.05, 0) is 56.8 Å². The number of hydrogen-bond acceptors (Lipinski definition) is 5. The molecule has 0 amide bonds. The second-order valence-corrected chi connectivity index (χ2v) is 8.67. The van der Waals surface area contributed by atoms with Crippen LogP contribution < -0.4 is 9.47 Å². The van der Waals surface area contributed by atoms with E-state index >= 15 is 0 Å². The summed E-state index contributed by atoms with van der Waals surface area (Å²) in [5.41, 5.74) is 4.02. The Morgan fingerprint density at radius 2 is 2.00 bits per heavy atom. The van der Waals surface area contributed by atoms with E-state index in [9.17, 15) is 4.79 Å². The maximum atomic E-state index is 12.6. The average molecular weight is 405 g/mol. The molecule has 1 unspecified atom stereocenters. The highest BCUT2D eigenvalue weighted by atomic mass is 16.6. The van der Waals surface area contributed by atoms with Crippen molar-refractivity contribution < 1.29 is 19.0 Å². The molecule has 5 nitrogen and oxygen atoms in total. The van der Waals surface area contributed by atoms with Crippen LogP contribution in [0.25, 0.3) is 0 Å². The molecule has 1 spiro atoms. The summed E-state index contributed by atoms with van der Waals surface area (Å²) in [7, 11) is 3.84. The van der Waals surface area contributed by atoms with Gasteiger partial charge >= 0.3 is 5.97 Å². The van der Waals surface area contributed by atoms with Gasteiger partial charge in [0.05, 0.1) is 18.1 Å². The van der Waals surface area contributed by atoms with E-state index in [1.807, 2.05) is 37.3 Å². The Morgan fingerprint density at radius 1 is 1.20 bits per heavy atom. The van der Waals surface area contributed by atoms with Crippen LogP contribution in [-0.4, -0.2) is 43.8 Å². The molecule has 5 rings (SSSR count). The highest BCUT2D eigenvalue weighted by molar-refractivity contribution is 5.89. The van der Waals surface area contributed by atoms with E-state index in [1.165, 1.54) is 11.1 Å². The van der Waals surface area contributed by atoms with Crippen molar-refractivity contribution in [3.05, 3.63) is 70.8 Å². The Labute approximate surface area is 177 Å². The Kier molecular flexibility index (Phi) is 4.58. The van der Waals surface area contributed by atoms with Gasteiger partial charge in [0.25, 0.3) is 0 Å². The molecule has 0 radical (unpaired) electrons.